The van der Waals surface area contributed by atoms with Crippen LogP contribution < -0.4 is 34.7 Å². The summed E-state index contributed by atoms with van der Waals surface area (Å²) in [5.41, 5.74) is 1.37. The van der Waals surface area contributed by atoms with Crippen molar-refractivity contribution in [1.82, 2.24) is 9.97 Å². The molecule has 0 saturated carbocycles. The number of aromatic carboxylic acids is 1. The third kappa shape index (κ3) is 3.61. The Morgan fingerprint density at radius 1 is 1.29 bits per heavy atom. The van der Waals surface area contributed by atoms with Crippen molar-refractivity contribution in [3.63, 3.8) is 0 Å². The number of hydrogen-bond acceptors (Lipinski definition) is 4. The normalized spacial score (nSPS) is 9.47. The number of nitrogens with zero attached hydrogens (tertiary/aromatic N) is 2. The minimum absolute atomic E-state index is 0. The Kier molecular flexibility index (Phi) is 5.27. The molecule has 4 nitrogen and oxygen atoms in total. The summed E-state index contributed by atoms with van der Waals surface area (Å²) in [5, 5.41) is 10.6. The number of carbonyl (C=O) groups is 1. The Hall–Kier alpha value is -0.750. The molecule has 6 heteroatoms. The van der Waals surface area contributed by atoms with Gasteiger partial charge in [-0.15, -0.1) is 0 Å². The van der Waals surface area contributed by atoms with Crippen LogP contribution in [0.1, 0.15) is 10.6 Å². The molecule has 1 aromatic heterocycles. The maximum Gasteiger partial charge on any atom is 1.00 e. The van der Waals surface area contributed by atoms with Crippen LogP contribution in [0.25, 0.3) is 11.3 Å². The maximum atomic E-state index is 10.6. The zero-order valence-electron chi connectivity index (χ0n) is 9.05. The number of halogens is 1. The Bertz CT molecular complexity index is 548. The molecule has 0 saturated heterocycles. The summed E-state index contributed by atoms with van der Waals surface area (Å²) in [6.45, 7) is 0. The van der Waals surface area contributed by atoms with E-state index in [0.717, 1.165) is 10.0 Å². The topological polar surface area (TPSA) is 65.9 Å². The molecule has 0 bridgehead atoms. The minimum atomic E-state index is -1.38. The number of hydrogen-bond donors (Lipinski definition) is 0. The molecule has 0 aliphatic heterocycles. The average Bonchev–Trinajstić information content (AvgIpc) is 2.29. The smallest absolute Gasteiger partial charge is 0.542 e. The summed E-state index contributed by atoms with van der Waals surface area (Å²) >= 11 is 3.33. The monoisotopic (exact) mass is 300 g/mol. The van der Waals surface area contributed by atoms with Crippen molar-refractivity contribution in [2.75, 3.05) is 0 Å². The van der Waals surface area contributed by atoms with Crippen LogP contribution in [0.5, 0.6) is 0 Å². The number of carboxylic acid groups (broad SMARTS) is 1. The van der Waals surface area contributed by atoms with Crippen LogP contribution >= 0.6 is 15.9 Å². The molecule has 0 fully saturated rings. The summed E-state index contributed by atoms with van der Waals surface area (Å²) in [4.78, 5) is 18.1. The van der Waals surface area contributed by atoms with Gasteiger partial charge in [0.05, 0.1) is 5.69 Å². The van der Waals surface area contributed by atoms with Crippen molar-refractivity contribution in [3.8, 4) is 11.3 Å². The molecule has 80 valence electrons. The second kappa shape index (κ2) is 6.26. The third-order valence-electron chi connectivity index (χ3n) is 1.96. The van der Waals surface area contributed by atoms with E-state index in [2.05, 4.69) is 25.9 Å². The van der Waals surface area contributed by atoms with E-state index in [0.29, 0.717) is 5.69 Å². The zero-order valence-corrected chi connectivity index (χ0v) is 12.6. The second-order valence-corrected chi connectivity index (χ2v) is 3.98. The van der Waals surface area contributed by atoms with Gasteiger partial charge < -0.3 is 9.90 Å². The molecule has 0 aliphatic carbocycles. The molecule has 1 aromatic carbocycles. The fourth-order valence-corrected chi connectivity index (χ4v) is 1.66. The van der Waals surface area contributed by atoms with Gasteiger partial charge in [0.2, 0.25) is 0 Å². The van der Waals surface area contributed by atoms with Crippen LogP contribution in [0.15, 0.2) is 41.0 Å². The molecule has 17 heavy (non-hydrogen) atoms. The van der Waals surface area contributed by atoms with Gasteiger partial charge in [-0.2, -0.15) is 0 Å². The SMILES string of the molecule is O=C([O-])c1nccc(-c2cccc(Br)c2)n1.[Na+]. The largest absolute Gasteiger partial charge is 1.00 e. The number of rotatable bonds is 2. The van der Waals surface area contributed by atoms with Gasteiger partial charge in [-0.1, -0.05) is 28.1 Å². The van der Waals surface area contributed by atoms with Crippen molar-refractivity contribution in [1.29, 1.82) is 0 Å². The predicted octanol–water partition coefficient (Wildman–Crippen LogP) is -1.73. The molecular weight excluding hydrogens is 295 g/mol. The summed E-state index contributed by atoms with van der Waals surface area (Å²) in [6.07, 6.45) is 1.40. The third-order valence-corrected chi connectivity index (χ3v) is 2.45. The molecule has 1 heterocycles. The first-order valence-corrected chi connectivity index (χ1v) is 5.26. The van der Waals surface area contributed by atoms with Gasteiger partial charge in [0.1, 0.15) is 5.97 Å². The molecule has 0 unspecified atom stereocenters. The Morgan fingerprint density at radius 2 is 2.06 bits per heavy atom. The molecule has 0 N–H and O–H groups in total. The fourth-order valence-electron chi connectivity index (χ4n) is 1.27. The van der Waals surface area contributed by atoms with Crippen LogP contribution in [-0.4, -0.2) is 15.9 Å². The van der Waals surface area contributed by atoms with E-state index in [9.17, 15) is 9.90 Å². The van der Waals surface area contributed by atoms with E-state index in [1.165, 1.54) is 6.20 Å². The zero-order chi connectivity index (χ0) is 11.5. The molecule has 2 aromatic rings. The Labute approximate surface area is 129 Å². The average molecular weight is 301 g/mol. The molecule has 0 spiro atoms. The van der Waals surface area contributed by atoms with Crippen LogP contribution in [-0.2, 0) is 0 Å². The van der Waals surface area contributed by atoms with Crippen molar-refractivity contribution in [2.45, 2.75) is 0 Å². The minimum Gasteiger partial charge on any atom is -0.542 e. The van der Waals surface area contributed by atoms with E-state index >= 15 is 0 Å². The molecule has 0 amide bonds. The van der Waals surface area contributed by atoms with Gasteiger partial charge in [-0.25, -0.2) is 9.97 Å². The van der Waals surface area contributed by atoms with E-state index in [4.69, 9.17) is 0 Å². The van der Waals surface area contributed by atoms with Gasteiger partial charge in [0, 0.05) is 16.2 Å². The van der Waals surface area contributed by atoms with Crippen molar-refractivity contribution in [2.24, 2.45) is 0 Å². The van der Waals surface area contributed by atoms with Crippen LogP contribution in [0.4, 0.5) is 0 Å². The first kappa shape index (κ1) is 14.3. The summed E-state index contributed by atoms with van der Waals surface area (Å²) < 4.78 is 0.901. The molecule has 0 atom stereocenters. The van der Waals surface area contributed by atoms with Gasteiger partial charge in [-0.3, -0.25) is 0 Å². The molecule has 0 radical (unpaired) electrons. The second-order valence-electron chi connectivity index (χ2n) is 3.06. The molecule has 0 aliphatic rings. The van der Waals surface area contributed by atoms with Gasteiger partial charge in [0.25, 0.3) is 0 Å². The van der Waals surface area contributed by atoms with Crippen LogP contribution in [0.3, 0.4) is 0 Å². The summed E-state index contributed by atoms with van der Waals surface area (Å²) in [5.74, 6) is -1.69. The molecular formula is C11H6BrN2NaO2. The van der Waals surface area contributed by atoms with E-state index in [-0.39, 0.29) is 35.4 Å². The van der Waals surface area contributed by atoms with Crippen molar-refractivity contribution in [3.05, 3.63) is 46.8 Å². The van der Waals surface area contributed by atoms with E-state index in [1.807, 2.05) is 24.3 Å². The van der Waals surface area contributed by atoms with Gasteiger partial charge >= 0.3 is 29.6 Å². The number of benzene rings is 1. The maximum absolute atomic E-state index is 10.6. The molecule has 2 rings (SSSR count). The van der Waals surface area contributed by atoms with E-state index in [1.54, 1.807) is 6.07 Å². The Balaban J connectivity index is 0.00000144. The van der Waals surface area contributed by atoms with Gasteiger partial charge in [0.15, 0.2) is 5.82 Å². The first-order chi connectivity index (χ1) is 7.66. The number of carboxylic acids is 1. The van der Waals surface area contributed by atoms with E-state index < -0.39 is 5.97 Å². The predicted molar refractivity (Wildman–Crippen MR) is 59.5 cm³/mol. The van der Waals surface area contributed by atoms with Crippen molar-refractivity contribution < 1.29 is 39.5 Å². The quantitative estimate of drug-likeness (QED) is 0.619. The Morgan fingerprint density at radius 3 is 2.71 bits per heavy atom. The van der Waals surface area contributed by atoms with Crippen molar-refractivity contribution >= 4 is 21.9 Å². The summed E-state index contributed by atoms with van der Waals surface area (Å²) in [6, 6.07) is 9.06. The number of aromatic nitrogens is 2. The van der Waals surface area contributed by atoms with Crippen LogP contribution in [0, 0.1) is 0 Å². The first-order valence-electron chi connectivity index (χ1n) is 4.47. The fraction of sp³-hybridized carbons (Fsp3) is 0. The van der Waals surface area contributed by atoms with Gasteiger partial charge in [-0.05, 0) is 18.2 Å². The summed E-state index contributed by atoms with van der Waals surface area (Å²) in [7, 11) is 0. The standard InChI is InChI=1S/C11H7BrN2O2.Na/c12-8-3-1-2-7(6-8)9-4-5-13-10(14-9)11(15)16;/h1-6H,(H,15,16);/q;+1/p-1. The number of carbonyl (C=O) groups excluding carboxylic acids is 1. The van der Waals surface area contributed by atoms with Crippen LogP contribution in [0.2, 0.25) is 0 Å².